The van der Waals surface area contributed by atoms with Gasteiger partial charge < -0.3 is 0 Å². The van der Waals surface area contributed by atoms with Crippen LogP contribution in [0.3, 0.4) is 0 Å². The van der Waals surface area contributed by atoms with Crippen molar-refractivity contribution in [3.8, 4) is 0 Å². The molecule has 0 unspecified atom stereocenters. The van der Waals surface area contributed by atoms with Gasteiger partial charge in [-0.2, -0.15) is 0 Å². The number of hydrogen-bond acceptors (Lipinski definition) is 2. The van der Waals surface area contributed by atoms with Crippen LogP contribution in [0.4, 0.5) is 0 Å². The van der Waals surface area contributed by atoms with Gasteiger partial charge in [0, 0.05) is 11.3 Å². The number of fused-ring (bicyclic) bond motifs is 5. The van der Waals surface area contributed by atoms with Crippen LogP contribution in [0, 0.1) is 46.3 Å². The van der Waals surface area contributed by atoms with Gasteiger partial charge in [-0.25, -0.2) is 0 Å². The van der Waals surface area contributed by atoms with Crippen LogP contribution in [0.1, 0.15) is 85.5 Å². The van der Waals surface area contributed by atoms with Gasteiger partial charge in [0.1, 0.15) is 11.6 Å². The highest BCUT2D eigenvalue weighted by molar-refractivity contribution is 5.91. The van der Waals surface area contributed by atoms with Gasteiger partial charge in [0.25, 0.3) is 0 Å². The van der Waals surface area contributed by atoms with Gasteiger partial charge in [0.05, 0.1) is 0 Å². The van der Waals surface area contributed by atoms with Crippen LogP contribution in [0.5, 0.6) is 0 Å². The fourth-order valence-corrected chi connectivity index (χ4v) is 8.40. The van der Waals surface area contributed by atoms with E-state index in [-0.39, 0.29) is 17.1 Å². The fourth-order valence-electron chi connectivity index (χ4n) is 8.40. The molecule has 8 atom stereocenters. The molecule has 0 bridgehead atoms. The van der Waals surface area contributed by atoms with E-state index < -0.39 is 0 Å². The fraction of sp³-hybridized carbons (Fsp3) is 0.913. The lowest BCUT2D eigenvalue weighted by molar-refractivity contribution is -0.155. The first-order chi connectivity index (χ1) is 11.8. The molecule has 4 saturated carbocycles. The van der Waals surface area contributed by atoms with Crippen molar-refractivity contribution in [1.82, 2.24) is 0 Å². The van der Waals surface area contributed by atoms with E-state index in [1.165, 1.54) is 38.5 Å². The minimum absolute atomic E-state index is 0.00728. The number of rotatable bonds is 2. The van der Waals surface area contributed by atoms with E-state index >= 15 is 0 Å². The van der Waals surface area contributed by atoms with Crippen LogP contribution in [0.15, 0.2) is 0 Å². The summed E-state index contributed by atoms with van der Waals surface area (Å²) in [4.78, 5) is 25.2. The maximum Gasteiger partial charge on any atom is 0.136 e. The minimum Gasteiger partial charge on any atom is -0.300 e. The molecule has 0 aromatic rings. The zero-order valence-electron chi connectivity index (χ0n) is 16.6. The molecule has 0 heterocycles. The van der Waals surface area contributed by atoms with Crippen molar-refractivity contribution in [2.75, 3.05) is 0 Å². The number of hydrogen-bond donors (Lipinski definition) is 0. The largest absolute Gasteiger partial charge is 0.300 e. The van der Waals surface area contributed by atoms with Crippen LogP contribution in [0.25, 0.3) is 0 Å². The molecule has 0 spiro atoms. The van der Waals surface area contributed by atoms with Crippen molar-refractivity contribution in [2.45, 2.75) is 85.5 Å². The highest BCUT2D eigenvalue weighted by Gasteiger charge is 2.64. The molecule has 2 nitrogen and oxygen atoms in total. The Hall–Kier alpha value is -0.660. The van der Waals surface area contributed by atoms with Crippen molar-refractivity contribution >= 4 is 11.6 Å². The molecule has 4 aliphatic carbocycles. The SMILES string of the molecule is CC(=O)[C@H]1CC[C@H]2[C@@H]3CC[C@H]4C[C@H](C)CC[C@]4(C)[C@H]3CC[C@]12C(C)=O. The average Bonchev–Trinajstić information content (AvgIpc) is 2.96. The molecule has 0 aliphatic heterocycles. The monoisotopic (exact) mass is 344 g/mol. The van der Waals surface area contributed by atoms with E-state index in [9.17, 15) is 9.59 Å². The molecular formula is C23H36O2. The molecule has 2 heteroatoms. The van der Waals surface area contributed by atoms with Gasteiger partial charge >= 0.3 is 0 Å². The third-order valence-electron chi connectivity index (χ3n) is 9.59. The Morgan fingerprint density at radius 1 is 0.880 bits per heavy atom. The number of carbonyl (C=O) groups is 2. The summed E-state index contributed by atoms with van der Waals surface area (Å²) in [7, 11) is 0. The molecule has 0 radical (unpaired) electrons. The van der Waals surface area contributed by atoms with E-state index in [2.05, 4.69) is 13.8 Å². The maximum absolute atomic E-state index is 12.8. The third-order valence-corrected chi connectivity index (χ3v) is 9.59. The van der Waals surface area contributed by atoms with E-state index in [0.29, 0.717) is 23.0 Å². The molecule has 4 aliphatic rings. The standard InChI is InChI=1S/C23H36O2/c1-14-9-11-22(4)17(13-14)5-6-18-20(22)10-12-23(16(3)25)19(15(2)24)7-8-21(18)23/h14,17-21H,5-13H2,1-4H3/t14-,17+,18-,19-,20+,21+,22+,23+/m1/s1. The minimum atomic E-state index is -0.307. The Labute approximate surface area is 153 Å². The Morgan fingerprint density at radius 3 is 2.32 bits per heavy atom. The number of ketones is 2. The molecule has 0 N–H and O–H groups in total. The highest BCUT2D eigenvalue weighted by Crippen LogP contribution is 2.68. The van der Waals surface area contributed by atoms with Gasteiger partial charge in [-0.05, 0) is 100 Å². The van der Waals surface area contributed by atoms with Gasteiger partial charge in [-0.1, -0.05) is 20.3 Å². The first kappa shape index (κ1) is 17.7. The number of Topliss-reactive ketones (excluding diaryl/α,β-unsaturated/α-hetero) is 2. The second-order valence-electron chi connectivity index (χ2n) is 10.4. The second-order valence-corrected chi connectivity index (χ2v) is 10.4. The van der Waals surface area contributed by atoms with E-state index in [0.717, 1.165) is 37.0 Å². The summed E-state index contributed by atoms with van der Waals surface area (Å²) < 4.78 is 0. The van der Waals surface area contributed by atoms with Crippen LogP contribution in [-0.4, -0.2) is 11.6 Å². The summed E-state index contributed by atoms with van der Waals surface area (Å²) in [6.45, 7) is 8.52. The molecule has 0 amide bonds. The van der Waals surface area contributed by atoms with Crippen molar-refractivity contribution in [3.63, 3.8) is 0 Å². The summed E-state index contributed by atoms with van der Waals surface area (Å²) in [6.07, 6.45) is 11.1. The first-order valence-electron chi connectivity index (χ1n) is 10.8. The summed E-state index contributed by atoms with van der Waals surface area (Å²) >= 11 is 0. The molecular weight excluding hydrogens is 308 g/mol. The topological polar surface area (TPSA) is 34.1 Å². The first-order valence-corrected chi connectivity index (χ1v) is 10.8. The zero-order chi connectivity index (χ0) is 18.0. The van der Waals surface area contributed by atoms with Gasteiger partial charge in [-0.3, -0.25) is 9.59 Å². The molecule has 4 fully saturated rings. The molecule has 140 valence electrons. The normalized spacial score (nSPS) is 52.0. The summed E-state index contributed by atoms with van der Waals surface area (Å²) in [5, 5.41) is 0. The molecule has 0 aromatic carbocycles. The van der Waals surface area contributed by atoms with E-state index in [4.69, 9.17) is 0 Å². The lowest BCUT2D eigenvalue weighted by Crippen LogP contribution is -2.56. The summed E-state index contributed by atoms with van der Waals surface area (Å²) in [5.41, 5.74) is 0.185. The average molecular weight is 345 g/mol. The molecule has 4 rings (SSSR count). The Morgan fingerprint density at radius 2 is 1.64 bits per heavy atom. The van der Waals surface area contributed by atoms with Crippen molar-refractivity contribution < 1.29 is 9.59 Å². The van der Waals surface area contributed by atoms with Gasteiger partial charge in [-0.15, -0.1) is 0 Å². The van der Waals surface area contributed by atoms with Crippen molar-refractivity contribution in [3.05, 3.63) is 0 Å². The molecule has 0 aromatic heterocycles. The predicted octanol–water partition coefficient (Wildman–Crippen LogP) is 5.44. The lowest BCUT2D eigenvalue weighted by atomic mass is 9.43. The molecule has 25 heavy (non-hydrogen) atoms. The number of carbonyl (C=O) groups excluding carboxylic acids is 2. The quantitative estimate of drug-likeness (QED) is 0.668. The van der Waals surface area contributed by atoms with Crippen molar-refractivity contribution in [1.29, 1.82) is 0 Å². The van der Waals surface area contributed by atoms with E-state index in [1.807, 2.05) is 0 Å². The van der Waals surface area contributed by atoms with Crippen molar-refractivity contribution in [2.24, 2.45) is 46.3 Å². The zero-order valence-corrected chi connectivity index (χ0v) is 16.6. The van der Waals surface area contributed by atoms with Crippen LogP contribution < -0.4 is 0 Å². The van der Waals surface area contributed by atoms with E-state index in [1.54, 1.807) is 13.8 Å². The van der Waals surface area contributed by atoms with Crippen LogP contribution in [0.2, 0.25) is 0 Å². The van der Waals surface area contributed by atoms with Gasteiger partial charge in [0.2, 0.25) is 0 Å². The lowest BCUT2D eigenvalue weighted by Gasteiger charge is -2.61. The Balaban J connectivity index is 1.67. The third kappa shape index (κ3) is 2.34. The smallest absolute Gasteiger partial charge is 0.136 e. The van der Waals surface area contributed by atoms with Gasteiger partial charge in [0.15, 0.2) is 0 Å². The molecule has 0 saturated heterocycles. The maximum atomic E-state index is 12.8. The summed E-state index contributed by atoms with van der Waals surface area (Å²) in [5.74, 6) is 4.34. The predicted molar refractivity (Wildman–Crippen MR) is 100 cm³/mol. The Kier molecular flexibility index (Phi) is 4.20. The highest BCUT2D eigenvalue weighted by atomic mass is 16.1. The van der Waals surface area contributed by atoms with Crippen LogP contribution in [-0.2, 0) is 9.59 Å². The Bertz CT molecular complexity index is 581. The second kappa shape index (κ2) is 5.92. The summed E-state index contributed by atoms with van der Waals surface area (Å²) in [6, 6.07) is 0. The van der Waals surface area contributed by atoms with Crippen LogP contribution >= 0.6 is 0 Å².